The number of hydrogen-bond donors (Lipinski definition) is 2. The lowest BCUT2D eigenvalue weighted by atomic mass is 9.76. The highest BCUT2D eigenvalue weighted by Crippen LogP contribution is 2.35. The Bertz CT molecular complexity index is 1220. The van der Waals surface area contributed by atoms with E-state index in [9.17, 15) is 24.3 Å². The Balaban J connectivity index is 1.64. The molecule has 1 aromatic heterocycles. The fourth-order valence-electron chi connectivity index (χ4n) is 5.53. The van der Waals surface area contributed by atoms with Crippen molar-refractivity contribution in [3.63, 3.8) is 0 Å². The van der Waals surface area contributed by atoms with E-state index in [-0.39, 0.29) is 55.6 Å². The van der Waals surface area contributed by atoms with E-state index in [2.05, 4.69) is 4.98 Å². The molecule has 2 heterocycles. The number of rotatable bonds is 14. The van der Waals surface area contributed by atoms with Crippen molar-refractivity contribution in [1.82, 2.24) is 9.88 Å². The number of aromatic nitrogens is 1. The van der Waals surface area contributed by atoms with Crippen molar-refractivity contribution in [2.45, 2.75) is 104 Å². The van der Waals surface area contributed by atoms with Crippen molar-refractivity contribution in [2.75, 3.05) is 6.54 Å². The standard InChI is InChI=1S/C32H44N2O6S/c1-20(22-11-13-23(14-12-22)30-21(2)33-19-41-30)15-28(37)27-17-25(36)18-34(27)31(40)26(32(3,4)5)16-24(35)9-7-6-8-10-29(38)39/h11-14,19-20,25-27,36H,6-10,15-18H2,1-5H3,(H,38,39)/t20-,25-,26-,27+/m1/s1. The second-order valence-electron chi connectivity index (χ2n) is 12.5. The Kier molecular flexibility index (Phi) is 11.4. The number of Topliss-reactive ketones (excluding diaryl/α,β-unsaturated/α-hetero) is 2. The zero-order chi connectivity index (χ0) is 30.3. The first-order valence-electron chi connectivity index (χ1n) is 14.5. The number of benzene rings is 1. The molecule has 3 rings (SSSR count). The number of hydrogen-bond acceptors (Lipinski definition) is 7. The molecule has 1 saturated heterocycles. The van der Waals surface area contributed by atoms with Crippen LogP contribution < -0.4 is 0 Å². The monoisotopic (exact) mass is 584 g/mol. The summed E-state index contributed by atoms with van der Waals surface area (Å²) in [5, 5.41) is 19.3. The van der Waals surface area contributed by atoms with E-state index >= 15 is 0 Å². The first-order chi connectivity index (χ1) is 19.3. The number of carboxylic acids is 1. The van der Waals surface area contributed by atoms with Crippen LogP contribution in [0.4, 0.5) is 0 Å². The van der Waals surface area contributed by atoms with Crippen molar-refractivity contribution < 1.29 is 29.4 Å². The minimum absolute atomic E-state index is 0.0400. The molecule has 0 spiro atoms. The van der Waals surface area contributed by atoms with E-state index in [1.165, 1.54) is 4.90 Å². The average Bonchev–Trinajstić information content (AvgIpc) is 3.51. The third-order valence-electron chi connectivity index (χ3n) is 8.05. The highest BCUT2D eigenvalue weighted by molar-refractivity contribution is 7.13. The van der Waals surface area contributed by atoms with Gasteiger partial charge < -0.3 is 15.1 Å². The van der Waals surface area contributed by atoms with Gasteiger partial charge in [-0.15, -0.1) is 11.3 Å². The van der Waals surface area contributed by atoms with Crippen LogP contribution in [0.1, 0.15) is 96.2 Å². The van der Waals surface area contributed by atoms with Crippen LogP contribution in [0.2, 0.25) is 0 Å². The molecule has 41 heavy (non-hydrogen) atoms. The molecule has 2 aromatic rings. The molecule has 8 nitrogen and oxygen atoms in total. The molecule has 9 heteroatoms. The maximum atomic E-state index is 13.8. The van der Waals surface area contributed by atoms with Gasteiger partial charge in [0.25, 0.3) is 0 Å². The van der Waals surface area contributed by atoms with Crippen LogP contribution in [-0.2, 0) is 19.2 Å². The molecular formula is C32H44N2O6S. The quantitative estimate of drug-likeness (QED) is 0.269. The number of carbonyl (C=O) groups is 4. The maximum Gasteiger partial charge on any atom is 0.303 e. The van der Waals surface area contributed by atoms with Crippen LogP contribution >= 0.6 is 11.3 Å². The second kappa shape index (κ2) is 14.3. The zero-order valence-electron chi connectivity index (χ0n) is 24.9. The number of nitrogens with zero attached hydrogens (tertiary/aromatic N) is 2. The Hall–Kier alpha value is -2.91. The molecule has 1 amide bonds. The van der Waals surface area contributed by atoms with E-state index < -0.39 is 29.4 Å². The van der Waals surface area contributed by atoms with Gasteiger partial charge in [0.15, 0.2) is 5.78 Å². The number of aryl methyl sites for hydroxylation is 1. The summed E-state index contributed by atoms with van der Waals surface area (Å²) in [5.74, 6) is -1.90. The lowest BCUT2D eigenvalue weighted by molar-refractivity contribution is -0.146. The van der Waals surface area contributed by atoms with E-state index in [0.717, 1.165) is 21.7 Å². The second-order valence-corrected chi connectivity index (χ2v) is 13.3. The van der Waals surface area contributed by atoms with Crippen molar-refractivity contribution in [3.8, 4) is 10.4 Å². The lowest BCUT2D eigenvalue weighted by Gasteiger charge is -2.35. The fourth-order valence-corrected chi connectivity index (χ4v) is 6.34. The summed E-state index contributed by atoms with van der Waals surface area (Å²) in [6.45, 7) is 9.81. The number of aliphatic hydroxyl groups excluding tert-OH is 1. The van der Waals surface area contributed by atoms with Gasteiger partial charge in [-0.3, -0.25) is 19.2 Å². The molecule has 1 aliphatic heterocycles. The Morgan fingerprint density at radius 3 is 2.29 bits per heavy atom. The number of carbonyl (C=O) groups excluding carboxylic acids is 3. The minimum Gasteiger partial charge on any atom is -0.481 e. The van der Waals surface area contributed by atoms with Gasteiger partial charge in [0.2, 0.25) is 5.91 Å². The van der Waals surface area contributed by atoms with Crippen LogP contribution in [-0.4, -0.2) is 62.2 Å². The predicted molar refractivity (Wildman–Crippen MR) is 160 cm³/mol. The normalized spacial score (nSPS) is 18.7. The van der Waals surface area contributed by atoms with Crippen LogP contribution in [0, 0.1) is 18.3 Å². The Morgan fingerprint density at radius 1 is 1.05 bits per heavy atom. The smallest absolute Gasteiger partial charge is 0.303 e. The fraction of sp³-hybridized carbons (Fsp3) is 0.594. The topological polar surface area (TPSA) is 125 Å². The third kappa shape index (κ3) is 9.04. The van der Waals surface area contributed by atoms with Crippen molar-refractivity contribution in [2.24, 2.45) is 11.3 Å². The third-order valence-corrected chi connectivity index (χ3v) is 9.03. The minimum atomic E-state index is -0.846. The number of carboxylic acid groups (broad SMARTS) is 1. The van der Waals surface area contributed by atoms with Crippen molar-refractivity contribution in [3.05, 3.63) is 41.0 Å². The highest BCUT2D eigenvalue weighted by atomic mass is 32.1. The maximum absolute atomic E-state index is 13.8. The first-order valence-corrected chi connectivity index (χ1v) is 15.4. The van der Waals surface area contributed by atoms with Crippen LogP contribution in [0.3, 0.4) is 0 Å². The number of β-amino-alcohol motifs (C(OH)–C–C–N with tert-alkyl or cyclic N) is 1. The molecule has 1 fully saturated rings. The molecule has 0 saturated carbocycles. The van der Waals surface area contributed by atoms with E-state index in [1.54, 1.807) is 11.3 Å². The summed E-state index contributed by atoms with van der Waals surface area (Å²) in [7, 11) is 0. The Morgan fingerprint density at radius 2 is 1.71 bits per heavy atom. The van der Waals surface area contributed by atoms with E-state index in [0.29, 0.717) is 25.7 Å². The van der Waals surface area contributed by atoms with Gasteiger partial charge in [0.1, 0.15) is 5.78 Å². The van der Waals surface area contributed by atoms with Crippen LogP contribution in [0.25, 0.3) is 10.4 Å². The van der Waals surface area contributed by atoms with Gasteiger partial charge in [0, 0.05) is 44.6 Å². The largest absolute Gasteiger partial charge is 0.481 e. The van der Waals surface area contributed by atoms with Gasteiger partial charge >= 0.3 is 5.97 Å². The Labute approximate surface area is 247 Å². The van der Waals surface area contributed by atoms with E-state index in [4.69, 9.17) is 5.11 Å². The molecule has 1 aromatic carbocycles. The van der Waals surface area contributed by atoms with Gasteiger partial charge in [-0.25, -0.2) is 4.98 Å². The van der Waals surface area contributed by atoms with Gasteiger partial charge in [-0.1, -0.05) is 58.4 Å². The first kappa shape index (κ1) is 32.6. The van der Waals surface area contributed by atoms with Gasteiger partial charge in [-0.05, 0) is 42.2 Å². The zero-order valence-corrected chi connectivity index (χ0v) is 25.7. The number of thiazole rings is 1. The molecule has 0 unspecified atom stereocenters. The van der Waals surface area contributed by atoms with Gasteiger partial charge in [0.05, 0.1) is 28.2 Å². The number of ketones is 2. The number of unbranched alkanes of at least 4 members (excludes halogenated alkanes) is 2. The average molecular weight is 585 g/mol. The molecular weight excluding hydrogens is 540 g/mol. The number of aliphatic hydroxyl groups is 1. The number of aliphatic carboxylic acids is 1. The van der Waals surface area contributed by atoms with Crippen LogP contribution in [0.15, 0.2) is 29.8 Å². The summed E-state index contributed by atoms with van der Waals surface area (Å²) in [6.07, 6.45) is 1.87. The van der Waals surface area contributed by atoms with E-state index in [1.807, 2.05) is 64.4 Å². The lowest BCUT2D eigenvalue weighted by Crippen LogP contribution is -2.47. The van der Waals surface area contributed by atoms with Crippen molar-refractivity contribution >= 4 is 34.8 Å². The summed E-state index contributed by atoms with van der Waals surface area (Å²) in [4.78, 5) is 57.8. The summed E-state index contributed by atoms with van der Waals surface area (Å²) in [5.41, 5.74) is 4.42. The summed E-state index contributed by atoms with van der Waals surface area (Å²) < 4.78 is 0. The SMILES string of the molecule is Cc1ncsc1-c1ccc([C@H](C)CC(=O)[C@@H]2C[C@@H](O)CN2C(=O)[C@@H](CC(=O)CCCCCC(=O)O)C(C)(C)C)cc1. The highest BCUT2D eigenvalue weighted by Gasteiger charge is 2.44. The predicted octanol–water partition coefficient (Wildman–Crippen LogP) is 5.80. The van der Waals surface area contributed by atoms with Crippen molar-refractivity contribution in [1.29, 1.82) is 0 Å². The molecule has 1 aliphatic rings. The molecule has 0 bridgehead atoms. The van der Waals surface area contributed by atoms with Crippen LogP contribution in [0.5, 0.6) is 0 Å². The summed E-state index contributed by atoms with van der Waals surface area (Å²) >= 11 is 1.59. The molecule has 2 N–H and O–H groups in total. The molecule has 0 radical (unpaired) electrons. The molecule has 0 aliphatic carbocycles. The summed E-state index contributed by atoms with van der Waals surface area (Å²) in [6, 6.07) is 7.44. The number of amides is 1. The molecule has 224 valence electrons. The molecule has 4 atom stereocenters. The van der Waals surface area contributed by atoms with Gasteiger partial charge in [-0.2, -0.15) is 0 Å². The number of likely N-dealkylation sites (tertiary alicyclic amines) is 1.